The predicted octanol–water partition coefficient (Wildman–Crippen LogP) is 4.01. The van der Waals surface area contributed by atoms with Gasteiger partial charge in [0.05, 0.1) is 0 Å². The van der Waals surface area contributed by atoms with Crippen molar-refractivity contribution in [1.29, 1.82) is 0 Å². The zero-order chi connectivity index (χ0) is 10.3. The molecule has 3 rings (SSSR count). The Morgan fingerprint density at radius 2 is 2.00 bits per heavy atom. The van der Waals surface area contributed by atoms with Crippen LogP contribution in [0, 0.1) is 0 Å². The Labute approximate surface area is 92.4 Å². The molecule has 74 valence electrons. The quantitative estimate of drug-likeness (QED) is 0.595. The molecule has 0 unspecified atom stereocenters. The average Bonchev–Trinajstić information content (AvgIpc) is 2.67. The van der Waals surface area contributed by atoms with Crippen LogP contribution in [0.1, 0.15) is 12.5 Å². The topological polar surface area (TPSA) is 12.9 Å². The number of pyridine rings is 1. The fraction of sp³-hybridized carbons (Fsp3) is 0.154. The van der Waals surface area contributed by atoms with Crippen molar-refractivity contribution in [1.82, 2.24) is 4.98 Å². The van der Waals surface area contributed by atoms with Gasteiger partial charge in [0.15, 0.2) is 0 Å². The van der Waals surface area contributed by atoms with Crippen molar-refractivity contribution in [3.05, 3.63) is 42.1 Å². The van der Waals surface area contributed by atoms with E-state index >= 15 is 0 Å². The maximum Gasteiger partial charge on any atom is 0.124 e. The van der Waals surface area contributed by atoms with Crippen LogP contribution in [-0.4, -0.2) is 4.98 Å². The number of hydrogen-bond acceptors (Lipinski definition) is 2. The number of benzene rings is 1. The summed E-state index contributed by atoms with van der Waals surface area (Å²) in [5.74, 6) is 0. The highest BCUT2D eigenvalue weighted by Gasteiger charge is 2.07. The summed E-state index contributed by atoms with van der Waals surface area (Å²) < 4.78 is 1.40. The molecule has 15 heavy (non-hydrogen) atoms. The van der Waals surface area contributed by atoms with Gasteiger partial charge in [-0.3, -0.25) is 0 Å². The molecule has 0 fully saturated rings. The first-order valence-electron chi connectivity index (χ1n) is 5.15. The Morgan fingerprint density at radius 3 is 2.87 bits per heavy atom. The second kappa shape index (κ2) is 3.31. The van der Waals surface area contributed by atoms with Crippen LogP contribution in [-0.2, 0) is 6.42 Å². The lowest BCUT2D eigenvalue weighted by molar-refractivity contribution is 1.16. The van der Waals surface area contributed by atoms with Crippen molar-refractivity contribution < 1.29 is 0 Å². The van der Waals surface area contributed by atoms with Gasteiger partial charge in [0.25, 0.3) is 0 Å². The molecule has 3 aromatic rings. The van der Waals surface area contributed by atoms with Crippen LogP contribution < -0.4 is 0 Å². The molecule has 1 aromatic carbocycles. The maximum absolute atomic E-state index is 4.41. The molecule has 0 radical (unpaired) electrons. The smallest absolute Gasteiger partial charge is 0.124 e. The Kier molecular flexibility index (Phi) is 1.96. The van der Waals surface area contributed by atoms with E-state index in [-0.39, 0.29) is 0 Å². The van der Waals surface area contributed by atoms with Crippen LogP contribution in [0.2, 0.25) is 0 Å². The normalized spacial score (nSPS) is 11.3. The molecule has 0 aliphatic rings. The number of nitrogens with zero attached hydrogens (tertiary/aromatic N) is 1. The fourth-order valence-corrected chi connectivity index (χ4v) is 3.20. The summed E-state index contributed by atoms with van der Waals surface area (Å²) in [6.07, 6.45) is 2.95. The summed E-state index contributed by atoms with van der Waals surface area (Å²) >= 11 is 1.80. The van der Waals surface area contributed by atoms with Crippen molar-refractivity contribution in [2.45, 2.75) is 13.3 Å². The van der Waals surface area contributed by atoms with Crippen molar-refractivity contribution in [2.24, 2.45) is 0 Å². The van der Waals surface area contributed by atoms with E-state index in [1.54, 1.807) is 11.3 Å². The minimum absolute atomic E-state index is 1.09. The van der Waals surface area contributed by atoms with Crippen molar-refractivity contribution in [3.8, 4) is 0 Å². The Bertz CT molecular complexity index is 625. The van der Waals surface area contributed by atoms with E-state index in [0.717, 1.165) is 11.3 Å². The SMILES string of the molecule is CCc1cccc2c1sc1ncccc12. The first-order chi connectivity index (χ1) is 7.40. The van der Waals surface area contributed by atoms with Gasteiger partial charge in [0.1, 0.15) is 4.83 Å². The Hall–Kier alpha value is -1.41. The maximum atomic E-state index is 4.41. The van der Waals surface area contributed by atoms with Crippen LogP contribution in [0.15, 0.2) is 36.5 Å². The molecule has 0 N–H and O–H groups in total. The molecule has 0 saturated heterocycles. The molecule has 0 atom stereocenters. The molecule has 2 aromatic heterocycles. The lowest BCUT2D eigenvalue weighted by atomic mass is 10.1. The number of rotatable bonds is 1. The minimum atomic E-state index is 1.09. The molecular formula is C13H11NS. The molecule has 2 heterocycles. The van der Waals surface area contributed by atoms with E-state index in [2.05, 4.69) is 36.2 Å². The number of aryl methyl sites for hydroxylation is 1. The average molecular weight is 213 g/mol. The van der Waals surface area contributed by atoms with Crippen LogP contribution in [0.5, 0.6) is 0 Å². The largest absolute Gasteiger partial charge is 0.245 e. The van der Waals surface area contributed by atoms with Gasteiger partial charge in [-0.05, 0) is 24.1 Å². The third-order valence-corrected chi connectivity index (χ3v) is 3.94. The number of aromatic nitrogens is 1. The molecule has 0 aliphatic carbocycles. The summed E-state index contributed by atoms with van der Waals surface area (Å²) in [4.78, 5) is 5.56. The molecule has 0 spiro atoms. The molecule has 2 heteroatoms. The summed E-state index contributed by atoms with van der Waals surface area (Å²) in [7, 11) is 0. The van der Waals surface area contributed by atoms with Crippen molar-refractivity contribution in [2.75, 3.05) is 0 Å². The molecule has 0 aliphatic heterocycles. The summed E-state index contributed by atoms with van der Waals surface area (Å²) in [5.41, 5.74) is 1.43. The van der Waals surface area contributed by atoms with E-state index in [4.69, 9.17) is 0 Å². The molecule has 1 nitrogen and oxygen atoms in total. The number of thiophene rings is 1. The molecule has 0 amide bonds. The van der Waals surface area contributed by atoms with Gasteiger partial charge in [-0.1, -0.05) is 25.1 Å². The highest BCUT2D eigenvalue weighted by atomic mass is 32.1. The lowest BCUT2D eigenvalue weighted by Crippen LogP contribution is -1.77. The Morgan fingerprint density at radius 1 is 1.13 bits per heavy atom. The highest BCUT2D eigenvalue weighted by molar-refractivity contribution is 7.25. The third kappa shape index (κ3) is 1.25. The van der Waals surface area contributed by atoms with E-state index in [0.29, 0.717) is 0 Å². The van der Waals surface area contributed by atoms with Gasteiger partial charge in [-0.25, -0.2) is 4.98 Å². The van der Waals surface area contributed by atoms with Crippen LogP contribution in [0.3, 0.4) is 0 Å². The van der Waals surface area contributed by atoms with Crippen LogP contribution >= 0.6 is 11.3 Å². The first kappa shape index (κ1) is 8.86. The summed E-state index contributed by atoms with van der Waals surface area (Å²) in [6, 6.07) is 10.7. The van der Waals surface area contributed by atoms with Gasteiger partial charge < -0.3 is 0 Å². The number of fused-ring (bicyclic) bond motifs is 3. The number of hydrogen-bond donors (Lipinski definition) is 0. The van der Waals surface area contributed by atoms with Gasteiger partial charge in [0, 0.05) is 21.7 Å². The monoisotopic (exact) mass is 213 g/mol. The zero-order valence-electron chi connectivity index (χ0n) is 8.53. The highest BCUT2D eigenvalue weighted by Crippen LogP contribution is 2.34. The fourth-order valence-electron chi connectivity index (χ4n) is 1.97. The van der Waals surface area contributed by atoms with E-state index in [9.17, 15) is 0 Å². The summed E-state index contributed by atoms with van der Waals surface area (Å²) in [5, 5.41) is 2.63. The van der Waals surface area contributed by atoms with Gasteiger partial charge in [0.2, 0.25) is 0 Å². The van der Waals surface area contributed by atoms with Crippen LogP contribution in [0.25, 0.3) is 20.3 Å². The third-order valence-electron chi connectivity index (χ3n) is 2.74. The lowest BCUT2D eigenvalue weighted by Gasteiger charge is -1.97. The minimum Gasteiger partial charge on any atom is -0.245 e. The predicted molar refractivity (Wildman–Crippen MR) is 66.5 cm³/mol. The second-order valence-electron chi connectivity index (χ2n) is 3.61. The van der Waals surface area contributed by atoms with Crippen LogP contribution in [0.4, 0.5) is 0 Å². The molecule has 0 bridgehead atoms. The van der Waals surface area contributed by atoms with E-state index in [1.807, 2.05) is 12.3 Å². The molecule has 0 saturated carbocycles. The van der Waals surface area contributed by atoms with E-state index in [1.165, 1.54) is 21.0 Å². The summed E-state index contributed by atoms with van der Waals surface area (Å²) in [6.45, 7) is 2.20. The zero-order valence-corrected chi connectivity index (χ0v) is 9.34. The van der Waals surface area contributed by atoms with Gasteiger partial charge in [-0.15, -0.1) is 11.3 Å². The standard InChI is InChI=1S/C13H11NS/c1-2-9-5-3-6-10-11-7-4-8-14-13(11)15-12(9)10/h3-8H,2H2,1H3. The van der Waals surface area contributed by atoms with Crippen molar-refractivity contribution in [3.63, 3.8) is 0 Å². The van der Waals surface area contributed by atoms with Crippen molar-refractivity contribution >= 4 is 31.6 Å². The van der Waals surface area contributed by atoms with Gasteiger partial charge in [-0.2, -0.15) is 0 Å². The molecular weight excluding hydrogens is 202 g/mol. The van der Waals surface area contributed by atoms with Gasteiger partial charge >= 0.3 is 0 Å². The Balaban J connectivity index is 2.53. The second-order valence-corrected chi connectivity index (χ2v) is 4.60. The first-order valence-corrected chi connectivity index (χ1v) is 5.97. The van der Waals surface area contributed by atoms with E-state index < -0.39 is 0 Å².